The normalized spacial score (nSPS) is 26.2. The number of urea groups is 1. The molecule has 1 unspecified atom stereocenters. The van der Waals surface area contributed by atoms with Crippen molar-refractivity contribution in [2.45, 2.75) is 18.9 Å². The SMILES string of the molecule is N#Cc1cccc(NC(=O)NC[C@H]2C[C@H]3CCN2C[C@@H]3CN2CCN(c3ccc(F)cc3)CC2)c1. The van der Waals surface area contributed by atoms with E-state index in [1.165, 1.54) is 18.6 Å². The molecule has 4 fully saturated rings. The number of rotatable bonds is 6. The molecule has 184 valence electrons. The summed E-state index contributed by atoms with van der Waals surface area (Å²) >= 11 is 0. The van der Waals surface area contributed by atoms with Gasteiger partial charge >= 0.3 is 6.03 Å². The molecule has 2 amide bonds. The molecule has 0 aromatic heterocycles. The number of hydrogen-bond donors (Lipinski definition) is 2. The van der Waals surface area contributed by atoms with E-state index in [0.29, 0.717) is 35.7 Å². The zero-order valence-corrected chi connectivity index (χ0v) is 20.0. The summed E-state index contributed by atoms with van der Waals surface area (Å²) in [4.78, 5) is 19.9. The van der Waals surface area contributed by atoms with Crippen molar-refractivity contribution in [1.82, 2.24) is 15.1 Å². The lowest BCUT2D eigenvalue weighted by molar-refractivity contribution is -0.0114. The summed E-state index contributed by atoms with van der Waals surface area (Å²) in [5.74, 6) is 1.20. The van der Waals surface area contributed by atoms with Gasteiger partial charge in [-0.05, 0) is 73.7 Å². The Morgan fingerprint density at radius 1 is 1.09 bits per heavy atom. The van der Waals surface area contributed by atoms with E-state index in [1.54, 1.807) is 24.3 Å². The number of anilines is 2. The maximum Gasteiger partial charge on any atom is 0.319 e. The summed E-state index contributed by atoms with van der Waals surface area (Å²) in [7, 11) is 0. The van der Waals surface area contributed by atoms with E-state index < -0.39 is 0 Å². The number of benzene rings is 2. The predicted octanol–water partition coefficient (Wildman–Crippen LogP) is 3.35. The molecule has 2 aromatic carbocycles. The van der Waals surface area contributed by atoms with Crippen LogP contribution in [0.25, 0.3) is 0 Å². The minimum atomic E-state index is -0.224. The van der Waals surface area contributed by atoms with Gasteiger partial charge in [0.05, 0.1) is 11.6 Å². The molecular weight excluding hydrogens is 443 g/mol. The van der Waals surface area contributed by atoms with Crippen LogP contribution in [0.15, 0.2) is 48.5 Å². The number of carbonyl (C=O) groups excluding carboxylic acids is 1. The first-order chi connectivity index (χ1) is 17.1. The molecule has 7 nitrogen and oxygen atoms in total. The maximum atomic E-state index is 13.2. The van der Waals surface area contributed by atoms with Gasteiger partial charge in [-0.15, -0.1) is 0 Å². The van der Waals surface area contributed by atoms with E-state index in [2.05, 4.69) is 31.4 Å². The number of halogens is 1. The molecule has 2 bridgehead atoms. The first kappa shape index (κ1) is 23.6. The largest absolute Gasteiger partial charge is 0.369 e. The molecule has 4 heterocycles. The fourth-order valence-electron chi connectivity index (χ4n) is 5.89. The third-order valence-corrected chi connectivity index (χ3v) is 7.82. The second kappa shape index (κ2) is 10.6. The van der Waals surface area contributed by atoms with Crippen LogP contribution in [0.4, 0.5) is 20.6 Å². The molecule has 4 atom stereocenters. The highest BCUT2D eigenvalue weighted by Crippen LogP contribution is 2.36. The predicted molar refractivity (Wildman–Crippen MR) is 135 cm³/mol. The highest BCUT2D eigenvalue weighted by atomic mass is 19.1. The van der Waals surface area contributed by atoms with Crippen molar-refractivity contribution in [2.24, 2.45) is 11.8 Å². The first-order valence-electron chi connectivity index (χ1n) is 12.6. The Balaban J connectivity index is 1.06. The van der Waals surface area contributed by atoms with Crippen LogP contribution in [0.5, 0.6) is 0 Å². The van der Waals surface area contributed by atoms with E-state index >= 15 is 0 Å². The summed E-state index contributed by atoms with van der Waals surface area (Å²) in [6.45, 7) is 8.02. The summed E-state index contributed by atoms with van der Waals surface area (Å²) in [5.41, 5.74) is 2.26. The van der Waals surface area contributed by atoms with Crippen LogP contribution in [-0.2, 0) is 0 Å². The second-order valence-electron chi connectivity index (χ2n) is 9.99. The lowest BCUT2D eigenvalue weighted by Gasteiger charge is -2.51. The Morgan fingerprint density at radius 3 is 2.60 bits per heavy atom. The molecular formula is C27H33FN6O. The van der Waals surface area contributed by atoms with Crippen LogP contribution in [0.2, 0.25) is 0 Å². The highest BCUT2D eigenvalue weighted by molar-refractivity contribution is 5.89. The van der Waals surface area contributed by atoms with Crippen molar-refractivity contribution >= 4 is 17.4 Å². The fourth-order valence-corrected chi connectivity index (χ4v) is 5.89. The Kier molecular flexibility index (Phi) is 7.16. The summed E-state index contributed by atoms with van der Waals surface area (Å²) < 4.78 is 13.2. The number of carbonyl (C=O) groups is 1. The van der Waals surface area contributed by atoms with Crippen LogP contribution in [-0.4, -0.2) is 74.2 Å². The molecule has 2 N–H and O–H groups in total. The van der Waals surface area contributed by atoms with Crippen LogP contribution in [0.3, 0.4) is 0 Å². The minimum absolute atomic E-state index is 0.186. The van der Waals surface area contributed by atoms with Crippen molar-refractivity contribution in [1.29, 1.82) is 5.26 Å². The number of nitrogens with zero attached hydrogens (tertiary/aromatic N) is 4. The molecule has 2 aromatic rings. The Morgan fingerprint density at radius 2 is 1.89 bits per heavy atom. The quantitative estimate of drug-likeness (QED) is 0.669. The molecule has 0 spiro atoms. The number of piperazine rings is 1. The van der Waals surface area contributed by atoms with Gasteiger partial charge in [0.15, 0.2) is 0 Å². The number of nitrogens with one attached hydrogen (secondary N) is 2. The average molecular weight is 477 g/mol. The lowest BCUT2D eigenvalue weighted by atomic mass is 9.75. The molecule has 0 radical (unpaired) electrons. The zero-order chi connectivity index (χ0) is 24.2. The van der Waals surface area contributed by atoms with Crippen molar-refractivity contribution in [3.63, 3.8) is 0 Å². The van der Waals surface area contributed by atoms with Crippen LogP contribution in [0, 0.1) is 29.0 Å². The number of piperidine rings is 3. The van der Waals surface area contributed by atoms with Crippen molar-refractivity contribution in [2.75, 3.05) is 62.6 Å². The first-order valence-corrected chi connectivity index (χ1v) is 12.6. The standard InChI is InChI=1S/C27H33FN6O/c28-23-4-6-25(7-5-23)33-12-10-32(11-13-33)18-22-19-34-9-8-21(22)15-26(34)17-30-27(35)31-24-3-1-2-20(14-24)16-29/h1-7,14,21-22,26H,8-13,15,17-19H2,(H2,30,31,35)/t21-,22+,26-/m1/s1. The highest BCUT2D eigenvalue weighted by Gasteiger charge is 2.40. The summed E-state index contributed by atoms with van der Waals surface area (Å²) in [5, 5.41) is 14.9. The minimum Gasteiger partial charge on any atom is -0.369 e. The van der Waals surface area contributed by atoms with E-state index in [-0.39, 0.29) is 11.8 Å². The van der Waals surface area contributed by atoms with E-state index in [0.717, 1.165) is 57.9 Å². The van der Waals surface area contributed by atoms with Gasteiger partial charge in [0.25, 0.3) is 0 Å². The molecule has 4 saturated heterocycles. The summed E-state index contributed by atoms with van der Waals surface area (Å²) in [6.07, 6.45) is 2.37. The van der Waals surface area contributed by atoms with Crippen LogP contribution < -0.4 is 15.5 Å². The molecule has 4 aliphatic rings. The van der Waals surface area contributed by atoms with Crippen LogP contribution in [0.1, 0.15) is 18.4 Å². The monoisotopic (exact) mass is 476 g/mol. The van der Waals surface area contributed by atoms with Crippen LogP contribution >= 0.6 is 0 Å². The lowest BCUT2D eigenvalue weighted by Crippen LogP contribution is -2.59. The number of fused-ring (bicyclic) bond motifs is 3. The number of hydrogen-bond acceptors (Lipinski definition) is 5. The van der Waals surface area contributed by atoms with Gasteiger partial charge in [0.2, 0.25) is 0 Å². The third kappa shape index (κ3) is 5.75. The Labute approximate surface area is 206 Å². The van der Waals surface area contributed by atoms with Gasteiger partial charge in [-0.3, -0.25) is 9.80 Å². The summed E-state index contributed by atoms with van der Waals surface area (Å²) in [6, 6.07) is 16.0. The molecule has 35 heavy (non-hydrogen) atoms. The molecule has 4 aliphatic heterocycles. The van der Waals surface area contributed by atoms with E-state index in [1.807, 2.05) is 12.1 Å². The Hall–Kier alpha value is -3.15. The topological polar surface area (TPSA) is 74.6 Å². The molecule has 6 rings (SSSR count). The maximum absolute atomic E-state index is 13.2. The third-order valence-electron chi connectivity index (χ3n) is 7.82. The van der Waals surface area contributed by atoms with Gasteiger partial charge in [-0.25, -0.2) is 9.18 Å². The number of nitriles is 1. The molecule has 0 aliphatic carbocycles. The average Bonchev–Trinajstić information content (AvgIpc) is 2.89. The molecule has 0 saturated carbocycles. The fraction of sp³-hybridized carbons (Fsp3) is 0.481. The second-order valence-corrected chi connectivity index (χ2v) is 9.99. The smallest absolute Gasteiger partial charge is 0.319 e. The van der Waals surface area contributed by atoms with Gasteiger partial charge < -0.3 is 15.5 Å². The van der Waals surface area contributed by atoms with Crippen molar-refractivity contribution in [3.05, 3.63) is 59.9 Å². The molecule has 8 heteroatoms. The van der Waals surface area contributed by atoms with E-state index in [9.17, 15) is 9.18 Å². The van der Waals surface area contributed by atoms with Gasteiger partial charge in [0.1, 0.15) is 5.82 Å². The zero-order valence-electron chi connectivity index (χ0n) is 20.0. The van der Waals surface area contributed by atoms with Gasteiger partial charge in [0, 0.05) is 63.2 Å². The van der Waals surface area contributed by atoms with Gasteiger partial charge in [-0.1, -0.05) is 6.07 Å². The Bertz CT molecular complexity index is 1060. The van der Waals surface area contributed by atoms with Gasteiger partial charge in [-0.2, -0.15) is 5.26 Å². The number of amides is 2. The van der Waals surface area contributed by atoms with Crippen molar-refractivity contribution < 1.29 is 9.18 Å². The van der Waals surface area contributed by atoms with Crippen molar-refractivity contribution in [3.8, 4) is 6.07 Å². The van der Waals surface area contributed by atoms with E-state index in [4.69, 9.17) is 5.26 Å².